The van der Waals surface area contributed by atoms with Crippen molar-refractivity contribution in [3.8, 4) is 28.3 Å². The first kappa shape index (κ1) is 29.3. The minimum Gasteiger partial charge on any atom is -0.508 e. The van der Waals surface area contributed by atoms with Gasteiger partial charge in [-0.25, -0.2) is 4.98 Å². The second-order valence-electron chi connectivity index (χ2n) is 14.1. The summed E-state index contributed by atoms with van der Waals surface area (Å²) in [4.78, 5) is 16.9. The zero-order valence-electron chi connectivity index (χ0n) is 26.6. The van der Waals surface area contributed by atoms with Crippen molar-refractivity contribution in [3.63, 3.8) is 0 Å². The monoisotopic (exact) mass is 599 g/mol. The van der Waals surface area contributed by atoms with E-state index in [0.717, 1.165) is 54.3 Å². The maximum atomic E-state index is 12.2. The van der Waals surface area contributed by atoms with E-state index in [4.69, 9.17) is 4.98 Å². The van der Waals surface area contributed by atoms with Gasteiger partial charge in [0.25, 0.3) is 5.69 Å². The lowest BCUT2D eigenvalue weighted by atomic mass is 9.49. The first-order valence-electron chi connectivity index (χ1n) is 16.2. The van der Waals surface area contributed by atoms with Gasteiger partial charge in [0, 0.05) is 12.6 Å². The van der Waals surface area contributed by atoms with E-state index in [-0.39, 0.29) is 27.2 Å². The van der Waals surface area contributed by atoms with Gasteiger partial charge in [-0.3, -0.25) is 10.1 Å². The zero-order chi connectivity index (χ0) is 31.5. The third-order valence-corrected chi connectivity index (χ3v) is 11.0. The van der Waals surface area contributed by atoms with Crippen molar-refractivity contribution in [3.05, 3.63) is 112 Å². The van der Waals surface area contributed by atoms with Crippen LogP contribution in [0.3, 0.4) is 0 Å². The van der Waals surface area contributed by atoms with Gasteiger partial charge in [0.15, 0.2) is 0 Å². The Morgan fingerprint density at radius 1 is 0.978 bits per heavy atom. The molecule has 5 aromatic rings. The van der Waals surface area contributed by atoms with Crippen LogP contribution in [-0.2, 0) is 18.4 Å². The molecule has 2 aliphatic carbocycles. The quantitative estimate of drug-likeness (QED) is 0.156. The molecular weight excluding hydrogens is 558 g/mol. The van der Waals surface area contributed by atoms with Crippen molar-refractivity contribution in [1.82, 2.24) is 9.55 Å². The number of aromatic hydroxyl groups is 1. The van der Waals surface area contributed by atoms with Crippen molar-refractivity contribution in [2.24, 2.45) is 11.3 Å². The van der Waals surface area contributed by atoms with Crippen LogP contribution in [0.5, 0.6) is 5.75 Å². The fourth-order valence-electron chi connectivity index (χ4n) is 8.72. The summed E-state index contributed by atoms with van der Waals surface area (Å²) in [5, 5.41) is 22.7. The molecule has 1 heterocycles. The number of aromatic nitrogens is 2. The lowest BCUT2D eigenvalue weighted by Gasteiger charge is -2.56. The maximum absolute atomic E-state index is 12.2. The largest absolute Gasteiger partial charge is 0.508 e. The lowest BCUT2D eigenvalue weighted by Crippen LogP contribution is -2.50. The summed E-state index contributed by atoms with van der Waals surface area (Å²) in [6, 6.07) is 27.9. The fourth-order valence-corrected chi connectivity index (χ4v) is 8.72. The molecule has 6 heteroatoms. The first-order chi connectivity index (χ1) is 21.6. The number of nitro benzene ring substituents is 1. The standard InChI is InChI=1S/C39H41N3O3/c1-25(2)27-11-15-32-29(21-27)13-18-36-38(3,19-8-20-39(32,36)4)24-41-35-16-12-28(26-9-6-5-7-10-26)22-33(35)40-37(41)31-23-30(43)14-17-34(31)42(44)45/h5-7,9-12,14-17,21-23,25,36,43H,8,13,18-20,24H2,1-4H3/t36-,38+,39+/m0/s1. The molecule has 0 bridgehead atoms. The number of aryl methyl sites for hydroxylation is 1. The number of nitrogens with zero attached hydrogens (tertiary/aromatic N) is 3. The topological polar surface area (TPSA) is 81.2 Å². The molecule has 4 aromatic carbocycles. The molecule has 3 atom stereocenters. The summed E-state index contributed by atoms with van der Waals surface area (Å²) >= 11 is 0. The fraction of sp³-hybridized carbons (Fsp3) is 0.359. The Hall–Kier alpha value is -4.45. The average molecular weight is 600 g/mol. The number of phenols is 1. The number of imidazole rings is 1. The van der Waals surface area contributed by atoms with E-state index in [1.807, 2.05) is 18.2 Å². The number of rotatable bonds is 6. The molecule has 1 N–H and O–H groups in total. The normalized spacial score (nSPS) is 22.7. The Labute approximate surface area is 264 Å². The van der Waals surface area contributed by atoms with Gasteiger partial charge in [0.2, 0.25) is 0 Å². The lowest BCUT2D eigenvalue weighted by molar-refractivity contribution is -0.384. The number of hydrogen-bond donors (Lipinski definition) is 1. The van der Waals surface area contributed by atoms with Crippen molar-refractivity contribution >= 4 is 16.7 Å². The minimum absolute atomic E-state index is 0.0136. The van der Waals surface area contributed by atoms with Crippen molar-refractivity contribution in [2.45, 2.75) is 77.7 Å². The Morgan fingerprint density at radius 2 is 1.78 bits per heavy atom. The summed E-state index contributed by atoms with van der Waals surface area (Å²) in [5.74, 6) is 1.47. The number of phenolic OH excluding ortho intramolecular Hbond substituents is 1. The van der Waals surface area contributed by atoms with E-state index < -0.39 is 0 Å². The van der Waals surface area contributed by atoms with Gasteiger partial charge in [-0.2, -0.15) is 0 Å². The molecule has 0 unspecified atom stereocenters. The molecule has 7 rings (SSSR count). The zero-order valence-corrected chi connectivity index (χ0v) is 26.6. The van der Waals surface area contributed by atoms with Crippen molar-refractivity contribution < 1.29 is 10.0 Å². The Balaban J connectivity index is 1.37. The predicted octanol–water partition coefficient (Wildman–Crippen LogP) is 9.82. The highest BCUT2D eigenvalue weighted by atomic mass is 16.6. The van der Waals surface area contributed by atoms with Crippen LogP contribution in [0.2, 0.25) is 0 Å². The van der Waals surface area contributed by atoms with E-state index >= 15 is 0 Å². The molecule has 1 aromatic heterocycles. The molecule has 0 amide bonds. The Morgan fingerprint density at radius 3 is 2.53 bits per heavy atom. The molecular formula is C39H41N3O3. The Bertz CT molecular complexity index is 1930. The molecule has 6 nitrogen and oxygen atoms in total. The van der Waals surface area contributed by atoms with Gasteiger partial charge >= 0.3 is 0 Å². The highest BCUT2D eigenvalue weighted by Crippen LogP contribution is 2.58. The number of benzene rings is 4. The first-order valence-corrected chi connectivity index (χ1v) is 16.2. The van der Waals surface area contributed by atoms with E-state index in [1.165, 1.54) is 34.9 Å². The summed E-state index contributed by atoms with van der Waals surface area (Å²) in [6.45, 7) is 10.1. The van der Waals surface area contributed by atoms with Crippen molar-refractivity contribution in [2.75, 3.05) is 0 Å². The number of hydrogen-bond acceptors (Lipinski definition) is 4. The highest BCUT2D eigenvalue weighted by molar-refractivity contribution is 5.87. The van der Waals surface area contributed by atoms with Gasteiger partial charge in [-0.05, 0) is 100 Å². The molecule has 1 saturated carbocycles. The van der Waals surface area contributed by atoms with Crippen LogP contribution >= 0.6 is 0 Å². The van der Waals surface area contributed by atoms with Gasteiger partial charge in [0.1, 0.15) is 11.6 Å². The second kappa shape index (κ2) is 10.9. The van der Waals surface area contributed by atoms with Crippen molar-refractivity contribution in [1.29, 1.82) is 0 Å². The summed E-state index contributed by atoms with van der Waals surface area (Å²) in [5.41, 5.74) is 8.58. The van der Waals surface area contributed by atoms with E-state index in [9.17, 15) is 15.2 Å². The molecule has 0 aliphatic heterocycles. The van der Waals surface area contributed by atoms with Crippen LogP contribution in [0.25, 0.3) is 33.5 Å². The van der Waals surface area contributed by atoms with E-state index in [2.05, 4.69) is 80.8 Å². The molecule has 230 valence electrons. The van der Waals surface area contributed by atoms with Crippen LogP contribution in [0.1, 0.15) is 76.0 Å². The minimum atomic E-state index is -0.378. The molecule has 2 aliphatic rings. The molecule has 0 spiro atoms. The number of fused-ring (bicyclic) bond motifs is 4. The summed E-state index contributed by atoms with van der Waals surface area (Å²) in [6.07, 6.45) is 5.56. The van der Waals surface area contributed by atoms with Gasteiger partial charge < -0.3 is 9.67 Å². The van der Waals surface area contributed by atoms with Crippen LogP contribution in [0.4, 0.5) is 5.69 Å². The molecule has 45 heavy (non-hydrogen) atoms. The van der Waals surface area contributed by atoms with Gasteiger partial charge in [-0.15, -0.1) is 0 Å². The van der Waals surface area contributed by atoms with Gasteiger partial charge in [-0.1, -0.05) is 88.7 Å². The van der Waals surface area contributed by atoms with Crippen LogP contribution in [0.15, 0.2) is 84.9 Å². The Kier molecular flexibility index (Phi) is 7.07. The third-order valence-electron chi connectivity index (χ3n) is 11.0. The summed E-state index contributed by atoms with van der Waals surface area (Å²) in [7, 11) is 0. The smallest absolute Gasteiger partial charge is 0.280 e. The molecule has 1 fully saturated rings. The predicted molar refractivity (Wildman–Crippen MR) is 181 cm³/mol. The average Bonchev–Trinajstić information content (AvgIpc) is 3.37. The van der Waals surface area contributed by atoms with Crippen LogP contribution < -0.4 is 0 Å². The van der Waals surface area contributed by atoms with E-state index in [0.29, 0.717) is 29.8 Å². The molecule has 0 radical (unpaired) electrons. The van der Waals surface area contributed by atoms with E-state index in [1.54, 1.807) is 0 Å². The van der Waals surface area contributed by atoms with Crippen LogP contribution in [-0.4, -0.2) is 19.6 Å². The third kappa shape index (κ3) is 4.91. The molecule has 0 saturated heterocycles. The number of nitro groups is 1. The summed E-state index contributed by atoms with van der Waals surface area (Å²) < 4.78 is 2.20. The highest BCUT2D eigenvalue weighted by Gasteiger charge is 2.52. The second-order valence-corrected chi connectivity index (χ2v) is 14.1. The van der Waals surface area contributed by atoms with Gasteiger partial charge in [0.05, 0.1) is 21.5 Å². The van der Waals surface area contributed by atoms with Crippen LogP contribution in [0, 0.1) is 21.4 Å². The maximum Gasteiger partial charge on any atom is 0.280 e. The SMILES string of the molecule is CC(C)c1ccc2c(c1)CC[C@H]1[C@@](C)(Cn3c(-c4cc(O)ccc4[N+](=O)[O-])nc4cc(-c5ccccc5)ccc43)CCC[C@]21C.